The van der Waals surface area contributed by atoms with Crippen LogP contribution < -0.4 is 24.4 Å². The first kappa shape index (κ1) is 25.6. The van der Waals surface area contributed by atoms with Crippen molar-refractivity contribution in [2.45, 2.75) is 44.7 Å². The number of carbonyl (C=O) groups excluding carboxylic acids is 2. The Morgan fingerprint density at radius 1 is 1.00 bits per heavy atom. The van der Waals surface area contributed by atoms with Gasteiger partial charge >= 0.3 is 0 Å². The molecule has 3 aromatic carbocycles. The highest BCUT2D eigenvalue weighted by Gasteiger charge is 2.36. The summed E-state index contributed by atoms with van der Waals surface area (Å²) in [5, 5.41) is 3.14. The third-order valence-electron chi connectivity index (χ3n) is 6.83. The van der Waals surface area contributed by atoms with Crippen molar-refractivity contribution in [2.24, 2.45) is 0 Å². The van der Waals surface area contributed by atoms with E-state index in [0.717, 1.165) is 25.7 Å². The number of para-hydroxylation sites is 2. The molecule has 1 aliphatic carbocycles. The van der Waals surface area contributed by atoms with Crippen LogP contribution in [0.1, 0.15) is 54.6 Å². The van der Waals surface area contributed by atoms with E-state index in [1.807, 2.05) is 13.0 Å². The maximum absolute atomic E-state index is 14.3. The maximum atomic E-state index is 14.3. The zero-order valence-electron chi connectivity index (χ0n) is 21.3. The molecule has 1 N–H and O–H groups in total. The molecule has 1 saturated carbocycles. The van der Waals surface area contributed by atoms with E-state index in [9.17, 15) is 14.0 Å². The minimum Gasteiger partial charge on any atom is -0.492 e. The molecule has 0 saturated heterocycles. The fourth-order valence-electron chi connectivity index (χ4n) is 5.03. The fraction of sp³-hybridized carbons (Fsp3) is 0.333. The van der Waals surface area contributed by atoms with Gasteiger partial charge in [-0.15, -0.1) is 0 Å². The predicted octanol–water partition coefficient (Wildman–Crippen LogP) is 5.44. The lowest BCUT2D eigenvalue weighted by atomic mass is 10.0. The molecule has 8 heteroatoms. The summed E-state index contributed by atoms with van der Waals surface area (Å²) < 4.78 is 31.1. The largest absolute Gasteiger partial charge is 0.492 e. The molecule has 38 heavy (non-hydrogen) atoms. The lowest BCUT2D eigenvalue weighted by molar-refractivity contribution is -0.123. The van der Waals surface area contributed by atoms with E-state index < -0.39 is 17.8 Å². The molecule has 1 aliphatic heterocycles. The first-order valence-electron chi connectivity index (χ1n) is 13.1. The van der Waals surface area contributed by atoms with Gasteiger partial charge in [-0.1, -0.05) is 37.1 Å². The molecule has 0 radical (unpaired) electrons. The normalized spacial score (nSPS) is 15.5. The molecule has 7 nitrogen and oxygen atoms in total. The first-order chi connectivity index (χ1) is 18.5. The standard InChI is InChI=1S/C30H31FN2O5/c1-2-36-25-10-6-5-9-24(25)33(30(35)21-13-16-26-27(19-21)38-18-17-37-26)28(20-11-14-22(31)15-12-20)29(34)32-23-7-3-4-8-23/h5-6,9-16,19,23,28H,2-4,7-8,17-18H2,1H3,(H,32,34)/t28-/m0/s1. The van der Waals surface area contributed by atoms with Crippen LogP contribution in [0.2, 0.25) is 0 Å². The average molecular weight is 519 g/mol. The van der Waals surface area contributed by atoms with Gasteiger partial charge in [-0.3, -0.25) is 14.5 Å². The number of halogens is 1. The topological polar surface area (TPSA) is 77.1 Å². The number of rotatable bonds is 8. The van der Waals surface area contributed by atoms with Crippen molar-refractivity contribution in [2.75, 3.05) is 24.7 Å². The Kier molecular flexibility index (Phi) is 7.77. The monoisotopic (exact) mass is 518 g/mol. The van der Waals surface area contributed by atoms with Crippen LogP contribution in [0.15, 0.2) is 66.7 Å². The number of fused-ring (bicyclic) bond motifs is 1. The lowest BCUT2D eigenvalue weighted by Crippen LogP contribution is -2.46. The summed E-state index contributed by atoms with van der Waals surface area (Å²) in [4.78, 5) is 29.7. The molecule has 0 aromatic heterocycles. The second kappa shape index (κ2) is 11.5. The van der Waals surface area contributed by atoms with E-state index in [-0.39, 0.29) is 11.9 Å². The van der Waals surface area contributed by atoms with Gasteiger partial charge in [-0.05, 0) is 67.8 Å². The number of hydrogen-bond donors (Lipinski definition) is 1. The van der Waals surface area contributed by atoms with Crippen molar-refractivity contribution < 1.29 is 28.2 Å². The Hall–Kier alpha value is -4.07. The number of nitrogens with zero attached hydrogens (tertiary/aromatic N) is 1. The average Bonchev–Trinajstić information content (AvgIpc) is 3.45. The van der Waals surface area contributed by atoms with Gasteiger partial charge in [0.25, 0.3) is 5.91 Å². The highest BCUT2D eigenvalue weighted by molar-refractivity contribution is 6.11. The molecule has 0 unspecified atom stereocenters. The molecule has 0 spiro atoms. The van der Waals surface area contributed by atoms with Gasteiger partial charge in [0.1, 0.15) is 30.8 Å². The summed E-state index contributed by atoms with van der Waals surface area (Å²) in [6, 6.07) is 16.7. The summed E-state index contributed by atoms with van der Waals surface area (Å²) in [5.41, 5.74) is 1.24. The Labute approximate surface area is 221 Å². The summed E-state index contributed by atoms with van der Waals surface area (Å²) in [5.74, 6) is 0.299. The summed E-state index contributed by atoms with van der Waals surface area (Å²) in [7, 11) is 0. The van der Waals surface area contributed by atoms with Crippen LogP contribution in [0.3, 0.4) is 0 Å². The molecule has 1 fully saturated rings. The van der Waals surface area contributed by atoms with Gasteiger partial charge < -0.3 is 19.5 Å². The zero-order valence-corrected chi connectivity index (χ0v) is 21.3. The second-order valence-electron chi connectivity index (χ2n) is 9.38. The molecule has 1 atom stereocenters. The minimum absolute atomic E-state index is 0.0267. The lowest BCUT2D eigenvalue weighted by Gasteiger charge is -2.33. The van der Waals surface area contributed by atoms with Crippen molar-refractivity contribution in [3.63, 3.8) is 0 Å². The quantitative estimate of drug-likeness (QED) is 0.430. The summed E-state index contributed by atoms with van der Waals surface area (Å²) >= 11 is 0. The second-order valence-corrected chi connectivity index (χ2v) is 9.38. The van der Waals surface area contributed by atoms with E-state index >= 15 is 0 Å². The number of nitrogens with one attached hydrogen (secondary N) is 1. The predicted molar refractivity (Wildman–Crippen MR) is 141 cm³/mol. The number of carbonyl (C=O) groups is 2. The van der Waals surface area contributed by atoms with E-state index in [0.29, 0.717) is 53.9 Å². The molecule has 2 amide bonds. The van der Waals surface area contributed by atoms with Crippen LogP contribution in [0.5, 0.6) is 17.2 Å². The fourth-order valence-corrected chi connectivity index (χ4v) is 5.03. The van der Waals surface area contributed by atoms with Gasteiger partial charge in [0.2, 0.25) is 5.91 Å². The third-order valence-corrected chi connectivity index (χ3v) is 6.83. The third kappa shape index (κ3) is 5.44. The molecule has 1 heterocycles. The molecule has 5 rings (SSSR count). The number of hydrogen-bond acceptors (Lipinski definition) is 5. The van der Waals surface area contributed by atoms with Crippen molar-refractivity contribution in [1.82, 2.24) is 5.32 Å². The van der Waals surface area contributed by atoms with E-state index in [4.69, 9.17) is 14.2 Å². The first-order valence-corrected chi connectivity index (χ1v) is 13.1. The molecule has 198 valence electrons. The van der Waals surface area contributed by atoms with Gasteiger partial charge in [0.15, 0.2) is 11.5 Å². The molecular formula is C30H31FN2O5. The maximum Gasteiger partial charge on any atom is 0.259 e. The van der Waals surface area contributed by atoms with Crippen LogP contribution in [0, 0.1) is 5.82 Å². The van der Waals surface area contributed by atoms with Crippen molar-refractivity contribution in [1.29, 1.82) is 0 Å². The van der Waals surface area contributed by atoms with E-state index in [1.165, 1.54) is 17.0 Å². The number of anilines is 1. The van der Waals surface area contributed by atoms with Gasteiger partial charge in [0.05, 0.1) is 12.3 Å². The highest BCUT2D eigenvalue weighted by Crippen LogP contribution is 2.38. The Balaban J connectivity index is 1.63. The van der Waals surface area contributed by atoms with Crippen LogP contribution in [0.25, 0.3) is 0 Å². The molecule has 3 aromatic rings. The zero-order chi connectivity index (χ0) is 26.5. The highest BCUT2D eigenvalue weighted by atomic mass is 19.1. The molecular weight excluding hydrogens is 487 g/mol. The SMILES string of the molecule is CCOc1ccccc1N(C(=O)c1ccc2c(c1)OCCO2)[C@H](C(=O)NC1CCCC1)c1ccc(F)cc1. The van der Waals surface area contributed by atoms with E-state index in [2.05, 4.69) is 5.32 Å². The van der Waals surface area contributed by atoms with E-state index in [1.54, 1.807) is 48.5 Å². The van der Waals surface area contributed by atoms with Gasteiger partial charge in [-0.25, -0.2) is 4.39 Å². The van der Waals surface area contributed by atoms with Crippen molar-refractivity contribution >= 4 is 17.5 Å². The van der Waals surface area contributed by atoms with Gasteiger partial charge in [0, 0.05) is 11.6 Å². The van der Waals surface area contributed by atoms with Crippen LogP contribution in [-0.4, -0.2) is 37.7 Å². The van der Waals surface area contributed by atoms with Gasteiger partial charge in [-0.2, -0.15) is 0 Å². The number of benzene rings is 3. The molecule has 0 bridgehead atoms. The van der Waals surface area contributed by atoms with Crippen molar-refractivity contribution in [3.8, 4) is 17.2 Å². The minimum atomic E-state index is -1.07. The molecule has 2 aliphatic rings. The summed E-state index contributed by atoms with van der Waals surface area (Å²) in [6.45, 7) is 3.04. The summed E-state index contributed by atoms with van der Waals surface area (Å²) in [6.07, 6.45) is 3.85. The van der Waals surface area contributed by atoms with Crippen LogP contribution in [-0.2, 0) is 4.79 Å². The Morgan fingerprint density at radius 2 is 1.71 bits per heavy atom. The van der Waals surface area contributed by atoms with Crippen LogP contribution in [0.4, 0.5) is 10.1 Å². The van der Waals surface area contributed by atoms with Crippen LogP contribution >= 0.6 is 0 Å². The Morgan fingerprint density at radius 3 is 2.45 bits per heavy atom. The number of amides is 2. The van der Waals surface area contributed by atoms with Crippen molar-refractivity contribution in [3.05, 3.63) is 83.7 Å². The number of ether oxygens (including phenoxy) is 3. The Bertz CT molecular complexity index is 1290. The smallest absolute Gasteiger partial charge is 0.259 e.